The molecule has 1 nitrogen and oxygen atoms in total. The Morgan fingerprint density at radius 3 is 2.92 bits per heavy atom. The van der Waals surface area contributed by atoms with Crippen LogP contribution in [0.15, 0.2) is 35.6 Å². The van der Waals surface area contributed by atoms with Crippen molar-refractivity contribution in [3.63, 3.8) is 0 Å². The highest BCUT2D eigenvalue weighted by atomic mass is 15.1. The molecule has 70 valence electrons. The maximum Gasteiger partial charge on any atom is 0.0393 e. The SMILES string of the molecule is CC1C=CC2=C(C=C1)N(C)CCC2. The van der Waals surface area contributed by atoms with E-state index in [0.29, 0.717) is 5.92 Å². The molecule has 0 radical (unpaired) electrons. The molecule has 1 heterocycles. The summed E-state index contributed by atoms with van der Waals surface area (Å²) in [5.74, 6) is 0.582. The van der Waals surface area contributed by atoms with E-state index in [-0.39, 0.29) is 0 Å². The van der Waals surface area contributed by atoms with E-state index >= 15 is 0 Å². The van der Waals surface area contributed by atoms with Crippen LogP contribution in [0.4, 0.5) is 0 Å². The molecule has 0 saturated carbocycles. The minimum atomic E-state index is 0.582. The van der Waals surface area contributed by atoms with Crippen LogP contribution in [-0.4, -0.2) is 18.5 Å². The lowest BCUT2D eigenvalue weighted by Crippen LogP contribution is -2.23. The first-order valence-electron chi connectivity index (χ1n) is 5.08. The van der Waals surface area contributed by atoms with Gasteiger partial charge < -0.3 is 4.90 Å². The Hall–Kier alpha value is -0.980. The Balaban J connectivity index is 2.34. The predicted molar refractivity (Wildman–Crippen MR) is 56.3 cm³/mol. The molecule has 0 N–H and O–H groups in total. The Labute approximate surface area is 80.4 Å². The van der Waals surface area contributed by atoms with E-state index < -0.39 is 0 Å². The third-order valence-electron chi connectivity index (χ3n) is 2.84. The number of rotatable bonds is 0. The summed E-state index contributed by atoms with van der Waals surface area (Å²) in [6.07, 6.45) is 11.7. The molecule has 1 heteroatoms. The van der Waals surface area contributed by atoms with E-state index in [1.165, 1.54) is 30.7 Å². The molecule has 0 aromatic rings. The number of hydrogen-bond acceptors (Lipinski definition) is 1. The van der Waals surface area contributed by atoms with E-state index in [9.17, 15) is 0 Å². The van der Waals surface area contributed by atoms with Crippen LogP contribution in [0.5, 0.6) is 0 Å². The van der Waals surface area contributed by atoms with E-state index in [1.54, 1.807) is 0 Å². The average molecular weight is 175 g/mol. The van der Waals surface area contributed by atoms with Gasteiger partial charge in [0.05, 0.1) is 0 Å². The molecule has 13 heavy (non-hydrogen) atoms. The van der Waals surface area contributed by atoms with Gasteiger partial charge in [0.1, 0.15) is 0 Å². The lowest BCUT2D eigenvalue weighted by molar-refractivity contribution is 0.394. The van der Waals surface area contributed by atoms with Crippen LogP contribution in [0.2, 0.25) is 0 Å². The molecular formula is C12H17N. The van der Waals surface area contributed by atoms with Gasteiger partial charge in [-0.3, -0.25) is 0 Å². The lowest BCUT2D eigenvalue weighted by Gasteiger charge is -2.27. The monoisotopic (exact) mass is 175 g/mol. The summed E-state index contributed by atoms with van der Waals surface area (Å²) < 4.78 is 0. The molecule has 0 aromatic carbocycles. The van der Waals surface area contributed by atoms with Gasteiger partial charge in [-0.1, -0.05) is 25.2 Å². The highest BCUT2D eigenvalue weighted by molar-refractivity contribution is 5.37. The van der Waals surface area contributed by atoms with Crippen molar-refractivity contribution >= 4 is 0 Å². The van der Waals surface area contributed by atoms with Crippen molar-refractivity contribution in [3.8, 4) is 0 Å². The van der Waals surface area contributed by atoms with Crippen LogP contribution in [0.25, 0.3) is 0 Å². The zero-order chi connectivity index (χ0) is 9.26. The minimum absolute atomic E-state index is 0.582. The molecule has 0 bridgehead atoms. The molecule has 0 saturated heterocycles. The van der Waals surface area contributed by atoms with Gasteiger partial charge in [0.25, 0.3) is 0 Å². The molecular weight excluding hydrogens is 158 g/mol. The standard InChI is InChI=1S/C12H17N/c1-10-5-7-11-4-3-9-13(2)12(11)8-6-10/h5-8,10H,3-4,9H2,1-2H3. The maximum absolute atomic E-state index is 2.36. The van der Waals surface area contributed by atoms with Crippen molar-refractivity contribution in [2.45, 2.75) is 19.8 Å². The highest BCUT2D eigenvalue weighted by Crippen LogP contribution is 2.25. The molecule has 2 aliphatic rings. The van der Waals surface area contributed by atoms with E-state index in [1.807, 2.05) is 0 Å². The Morgan fingerprint density at radius 1 is 1.31 bits per heavy atom. The third-order valence-corrected chi connectivity index (χ3v) is 2.84. The molecule has 1 aliphatic carbocycles. The summed E-state index contributed by atoms with van der Waals surface area (Å²) in [5, 5.41) is 0. The van der Waals surface area contributed by atoms with Crippen molar-refractivity contribution in [3.05, 3.63) is 35.6 Å². The van der Waals surface area contributed by atoms with Crippen LogP contribution in [-0.2, 0) is 0 Å². The lowest BCUT2D eigenvalue weighted by atomic mass is 10.0. The third kappa shape index (κ3) is 1.69. The fraction of sp³-hybridized carbons (Fsp3) is 0.500. The fourth-order valence-corrected chi connectivity index (χ4v) is 1.98. The van der Waals surface area contributed by atoms with Gasteiger partial charge >= 0.3 is 0 Å². The van der Waals surface area contributed by atoms with Gasteiger partial charge in [-0.15, -0.1) is 0 Å². The van der Waals surface area contributed by atoms with E-state index in [2.05, 4.69) is 43.2 Å². The number of nitrogens with zero attached hydrogens (tertiary/aromatic N) is 1. The van der Waals surface area contributed by atoms with Gasteiger partial charge in [-0.25, -0.2) is 0 Å². The maximum atomic E-state index is 2.36. The highest BCUT2D eigenvalue weighted by Gasteiger charge is 2.14. The summed E-state index contributed by atoms with van der Waals surface area (Å²) in [6.45, 7) is 3.43. The molecule has 0 fully saturated rings. The molecule has 1 aliphatic heterocycles. The van der Waals surface area contributed by atoms with Gasteiger partial charge in [-0.2, -0.15) is 0 Å². The normalized spacial score (nSPS) is 27.5. The van der Waals surface area contributed by atoms with Crippen LogP contribution in [0, 0.1) is 5.92 Å². The molecule has 0 amide bonds. The number of likely N-dealkylation sites (N-methyl/N-ethyl adjacent to an activating group) is 1. The summed E-state index contributed by atoms with van der Waals surface area (Å²) in [4.78, 5) is 2.36. The van der Waals surface area contributed by atoms with Crippen LogP contribution in [0.3, 0.4) is 0 Å². The summed E-state index contributed by atoms with van der Waals surface area (Å²) in [7, 11) is 2.18. The Kier molecular flexibility index (Phi) is 2.26. The van der Waals surface area contributed by atoms with Gasteiger partial charge in [0.2, 0.25) is 0 Å². The van der Waals surface area contributed by atoms with Crippen LogP contribution < -0.4 is 0 Å². The Morgan fingerprint density at radius 2 is 2.08 bits per heavy atom. The van der Waals surface area contributed by atoms with Gasteiger partial charge in [-0.05, 0) is 30.4 Å². The summed E-state index contributed by atoms with van der Waals surface area (Å²) >= 11 is 0. The Bertz CT molecular complexity index is 283. The second-order valence-electron chi connectivity index (χ2n) is 4.01. The second kappa shape index (κ2) is 3.41. The second-order valence-corrected chi connectivity index (χ2v) is 4.01. The van der Waals surface area contributed by atoms with Gasteiger partial charge in [0.15, 0.2) is 0 Å². The molecule has 0 spiro atoms. The summed E-state index contributed by atoms with van der Waals surface area (Å²) in [5.41, 5.74) is 2.93. The van der Waals surface area contributed by atoms with Crippen LogP contribution >= 0.6 is 0 Å². The average Bonchev–Trinajstić information content (AvgIpc) is 2.30. The van der Waals surface area contributed by atoms with Crippen LogP contribution in [0.1, 0.15) is 19.8 Å². The molecule has 1 atom stereocenters. The number of hydrogen-bond donors (Lipinski definition) is 0. The minimum Gasteiger partial charge on any atom is -0.374 e. The number of allylic oxidation sites excluding steroid dienone is 5. The van der Waals surface area contributed by atoms with E-state index in [4.69, 9.17) is 0 Å². The first-order chi connectivity index (χ1) is 6.27. The van der Waals surface area contributed by atoms with Gasteiger partial charge in [0, 0.05) is 19.3 Å². The summed E-state index contributed by atoms with van der Waals surface area (Å²) in [6, 6.07) is 0. The quantitative estimate of drug-likeness (QED) is 0.547. The van der Waals surface area contributed by atoms with Crippen molar-refractivity contribution in [2.24, 2.45) is 5.92 Å². The molecule has 0 aromatic heterocycles. The predicted octanol–water partition coefficient (Wildman–Crippen LogP) is 2.73. The zero-order valence-electron chi connectivity index (χ0n) is 8.46. The van der Waals surface area contributed by atoms with Crippen molar-refractivity contribution < 1.29 is 0 Å². The molecule has 2 rings (SSSR count). The van der Waals surface area contributed by atoms with E-state index in [0.717, 1.165) is 0 Å². The fourth-order valence-electron chi connectivity index (χ4n) is 1.98. The largest absolute Gasteiger partial charge is 0.374 e. The first kappa shape index (κ1) is 8.61. The topological polar surface area (TPSA) is 3.24 Å². The van der Waals surface area contributed by atoms with Crippen molar-refractivity contribution in [1.82, 2.24) is 4.90 Å². The smallest absolute Gasteiger partial charge is 0.0393 e. The van der Waals surface area contributed by atoms with Crippen molar-refractivity contribution in [2.75, 3.05) is 13.6 Å². The zero-order valence-corrected chi connectivity index (χ0v) is 8.46. The molecule has 1 unspecified atom stereocenters. The first-order valence-corrected chi connectivity index (χ1v) is 5.08. The van der Waals surface area contributed by atoms with Crippen molar-refractivity contribution in [1.29, 1.82) is 0 Å².